The molecule has 0 aliphatic rings. The molecule has 11 N–H and O–H groups in total. The van der Waals surface area contributed by atoms with Crippen molar-refractivity contribution in [3.05, 3.63) is 18.2 Å². The second kappa shape index (κ2) is 17.4. The van der Waals surface area contributed by atoms with E-state index < -0.39 is 47.9 Å². The molecule has 0 aromatic carbocycles. The van der Waals surface area contributed by atoms with Gasteiger partial charge in [-0.1, -0.05) is 13.8 Å². The Bertz CT molecular complexity index is 833. The number of carbonyl (C=O) groups is 4. The average Bonchev–Trinajstić information content (AvgIpc) is 3.35. The Balaban J connectivity index is 3.02. The number of carboxylic acid groups (broad SMARTS) is 1. The third kappa shape index (κ3) is 12.7. The number of rotatable bonds is 19. The Kier molecular flexibility index (Phi) is 15.1. The third-order valence-corrected chi connectivity index (χ3v) is 5.82. The molecule has 13 nitrogen and oxygen atoms in total. The van der Waals surface area contributed by atoms with Crippen molar-refractivity contribution >= 4 is 23.7 Å². The zero-order chi connectivity index (χ0) is 27.8. The number of amides is 3. The normalized spacial score (nSPS) is 14.4. The summed E-state index contributed by atoms with van der Waals surface area (Å²) in [7, 11) is 0. The predicted octanol–water partition coefficient (Wildman–Crippen LogP) is -0.877. The molecular formula is C24H44N8O5. The number of unbranched alkanes of at least 4 members (excludes halogenated alkanes) is 2. The fourth-order valence-corrected chi connectivity index (χ4v) is 3.78. The summed E-state index contributed by atoms with van der Waals surface area (Å²) in [6.45, 7) is 4.70. The van der Waals surface area contributed by atoms with Gasteiger partial charge < -0.3 is 43.2 Å². The number of carbonyl (C=O) groups excluding carboxylic acids is 3. The first kappa shape index (κ1) is 32.0. The molecule has 0 bridgehead atoms. The summed E-state index contributed by atoms with van der Waals surface area (Å²) in [5, 5.41) is 17.4. The summed E-state index contributed by atoms with van der Waals surface area (Å²) in [5.41, 5.74) is 17.7. The van der Waals surface area contributed by atoms with Crippen molar-refractivity contribution < 1.29 is 24.3 Å². The topological polar surface area (TPSA) is 231 Å². The second-order valence-electron chi connectivity index (χ2n) is 9.61. The lowest BCUT2D eigenvalue weighted by Gasteiger charge is -2.25. The van der Waals surface area contributed by atoms with Gasteiger partial charge in [-0.05, 0) is 64.0 Å². The van der Waals surface area contributed by atoms with Crippen LogP contribution in [0.25, 0.3) is 0 Å². The fraction of sp³-hybridized carbons (Fsp3) is 0.708. The van der Waals surface area contributed by atoms with E-state index >= 15 is 0 Å². The standard InChI is InChI=1S/C24H44N8O5/c1-15(2)11-17(27)21(33)32-20(12-16-13-28-14-29-16)23(35)30-18(7-3-5-9-25)22(34)31-19(24(36)37)8-4-6-10-26/h13-15,17-20H,3-12,25-27H2,1-2H3,(H,28,29)(H,30,35)(H,31,34)(H,32,33)(H,36,37). The first-order valence-electron chi connectivity index (χ1n) is 12.9. The van der Waals surface area contributed by atoms with Crippen molar-refractivity contribution in [3.8, 4) is 0 Å². The summed E-state index contributed by atoms with van der Waals surface area (Å²) in [6.07, 6.45) is 6.32. The maximum Gasteiger partial charge on any atom is 0.326 e. The minimum absolute atomic E-state index is 0.0972. The van der Waals surface area contributed by atoms with E-state index in [9.17, 15) is 24.3 Å². The van der Waals surface area contributed by atoms with Gasteiger partial charge in [0.2, 0.25) is 17.7 Å². The number of aromatic nitrogens is 2. The lowest BCUT2D eigenvalue weighted by molar-refractivity contribution is -0.142. The van der Waals surface area contributed by atoms with Gasteiger partial charge in [0.1, 0.15) is 18.1 Å². The Morgan fingerprint density at radius 3 is 1.95 bits per heavy atom. The smallest absolute Gasteiger partial charge is 0.326 e. The summed E-state index contributed by atoms with van der Waals surface area (Å²) in [5.74, 6) is -2.68. The highest BCUT2D eigenvalue weighted by molar-refractivity contribution is 5.94. The number of nitrogens with zero attached hydrogens (tertiary/aromatic N) is 1. The van der Waals surface area contributed by atoms with Crippen LogP contribution in [0.5, 0.6) is 0 Å². The zero-order valence-corrected chi connectivity index (χ0v) is 21.9. The highest BCUT2D eigenvalue weighted by atomic mass is 16.4. The van der Waals surface area contributed by atoms with Crippen LogP contribution in [0.4, 0.5) is 0 Å². The van der Waals surface area contributed by atoms with Crippen molar-refractivity contribution in [3.63, 3.8) is 0 Å². The Hall–Kier alpha value is -3.03. The van der Waals surface area contributed by atoms with Crippen LogP contribution >= 0.6 is 0 Å². The Morgan fingerprint density at radius 2 is 1.43 bits per heavy atom. The second-order valence-corrected chi connectivity index (χ2v) is 9.61. The summed E-state index contributed by atoms with van der Waals surface area (Å²) in [6, 6.07) is -3.95. The van der Waals surface area contributed by atoms with Crippen LogP contribution in [0.1, 0.15) is 64.5 Å². The summed E-state index contributed by atoms with van der Waals surface area (Å²) in [4.78, 5) is 57.5. The number of hydrogen-bond acceptors (Lipinski definition) is 8. The van der Waals surface area contributed by atoms with E-state index in [1.54, 1.807) is 0 Å². The largest absolute Gasteiger partial charge is 0.480 e. The van der Waals surface area contributed by atoms with Crippen molar-refractivity contribution in [1.82, 2.24) is 25.9 Å². The van der Waals surface area contributed by atoms with Crippen molar-refractivity contribution in [2.75, 3.05) is 13.1 Å². The molecule has 1 rings (SSSR count). The van der Waals surface area contributed by atoms with Gasteiger partial charge in [0.15, 0.2) is 0 Å². The van der Waals surface area contributed by atoms with Crippen LogP contribution in [-0.4, -0.2) is 76.0 Å². The molecule has 0 fully saturated rings. The first-order chi connectivity index (χ1) is 17.6. The van der Waals surface area contributed by atoms with Crippen LogP contribution in [0.3, 0.4) is 0 Å². The van der Waals surface area contributed by atoms with Gasteiger partial charge >= 0.3 is 5.97 Å². The van der Waals surface area contributed by atoms with E-state index in [0.29, 0.717) is 50.9 Å². The number of nitrogens with one attached hydrogen (secondary N) is 4. The third-order valence-electron chi connectivity index (χ3n) is 5.82. The van der Waals surface area contributed by atoms with Gasteiger partial charge in [0.05, 0.1) is 12.4 Å². The van der Waals surface area contributed by atoms with Crippen molar-refractivity contribution in [2.24, 2.45) is 23.1 Å². The highest BCUT2D eigenvalue weighted by Gasteiger charge is 2.30. The molecule has 0 saturated carbocycles. The van der Waals surface area contributed by atoms with Gasteiger partial charge in [0, 0.05) is 18.3 Å². The fourth-order valence-electron chi connectivity index (χ4n) is 3.78. The van der Waals surface area contributed by atoms with Crippen LogP contribution < -0.4 is 33.2 Å². The Labute approximate surface area is 218 Å². The molecule has 3 amide bonds. The monoisotopic (exact) mass is 524 g/mol. The van der Waals surface area contributed by atoms with E-state index in [1.807, 2.05) is 13.8 Å². The van der Waals surface area contributed by atoms with E-state index in [0.717, 1.165) is 0 Å². The molecule has 0 aliphatic heterocycles. The number of nitrogens with two attached hydrogens (primary N) is 3. The van der Waals surface area contributed by atoms with Crippen LogP contribution in [-0.2, 0) is 25.6 Å². The molecule has 37 heavy (non-hydrogen) atoms. The molecule has 13 heteroatoms. The molecule has 0 aliphatic carbocycles. The number of hydrogen-bond donors (Lipinski definition) is 8. The van der Waals surface area contributed by atoms with Crippen molar-refractivity contribution in [1.29, 1.82) is 0 Å². The number of aromatic amines is 1. The number of carboxylic acids is 1. The molecule has 1 heterocycles. The average molecular weight is 525 g/mol. The Morgan fingerprint density at radius 1 is 0.892 bits per heavy atom. The lowest BCUT2D eigenvalue weighted by Crippen LogP contribution is -2.57. The summed E-state index contributed by atoms with van der Waals surface area (Å²) >= 11 is 0. The quantitative estimate of drug-likeness (QED) is 0.105. The minimum atomic E-state index is -1.17. The van der Waals surface area contributed by atoms with E-state index in [4.69, 9.17) is 17.2 Å². The summed E-state index contributed by atoms with van der Waals surface area (Å²) < 4.78 is 0. The van der Waals surface area contributed by atoms with Gasteiger partial charge in [-0.25, -0.2) is 9.78 Å². The van der Waals surface area contributed by atoms with E-state index in [-0.39, 0.29) is 25.2 Å². The molecule has 0 spiro atoms. The molecule has 1 aromatic heterocycles. The molecular weight excluding hydrogens is 480 g/mol. The first-order valence-corrected chi connectivity index (χ1v) is 12.9. The van der Waals surface area contributed by atoms with Crippen LogP contribution in [0.2, 0.25) is 0 Å². The maximum atomic E-state index is 13.3. The molecule has 1 aromatic rings. The molecule has 0 radical (unpaired) electrons. The zero-order valence-electron chi connectivity index (χ0n) is 21.9. The molecule has 4 unspecified atom stereocenters. The lowest BCUT2D eigenvalue weighted by atomic mass is 10.0. The SMILES string of the molecule is CC(C)CC(N)C(=O)NC(Cc1cnc[nH]1)C(=O)NC(CCCCN)C(=O)NC(CCCCN)C(=O)O. The molecule has 210 valence electrons. The minimum Gasteiger partial charge on any atom is -0.480 e. The van der Waals surface area contributed by atoms with Crippen molar-refractivity contribution in [2.45, 2.75) is 89.4 Å². The van der Waals surface area contributed by atoms with Gasteiger partial charge in [0.25, 0.3) is 0 Å². The van der Waals surface area contributed by atoms with Gasteiger partial charge in [-0.15, -0.1) is 0 Å². The molecule has 4 atom stereocenters. The number of H-pyrrole nitrogens is 1. The number of aliphatic carboxylic acids is 1. The van der Waals surface area contributed by atoms with Gasteiger partial charge in [-0.2, -0.15) is 0 Å². The van der Waals surface area contributed by atoms with E-state index in [1.165, 1.54) is 12.5 Å². The number of imidazole rings is 1. The highest BCUT2D eigenvalue weighted by Crippen LogP contribution is 2.08. The predicted molar refractivity (Wildman–Crippen MR) is 139 cm³/mol. The van der Waals surface area contributed by atoms with Gasteiger partial charge in [-0.3, -0.25) is 14.4 Å². The van der Waals surface area contributed by atoms with Crippen LogP contribution in [0, 0.1) is 5.92 Å². The maximum absolute atomic E-state index is 13.3. The van der Waals surface area contributed by atoms with Crippen LogP contribution in [0.15, 0.2) is 12.5 Å². The molecule has 0 saturated heterocycles. The van der Waals surface area contributed by atoms with E-state index in [2.05, 4.69) is 25.9 Å².